The van der Waals surface area contributed by atoms with E-state index < -0.39 is 5.97 Å². The lowest BCUT2D eigenvalue weighted by Crippen LogP contribution is -2.17. The highest BCUT2D eigenvalue weighted by Gasteiger charge is 2.10. The molecule has 0 unspecified atom stereocenters. The van der Waals surface area contributed by atoms with E-state index in [1.165, 1.54) is 12.5 Å². The number of ether oxygens (including phenoxy) is 1. The minimum Gasteiger partial charge on any atom is -0.497 e. The standard InChI is InChI=1S/C14H15N3O3/c1-20-11-4-2-3-10(5-11)6-15-8-13-12(14(18)19)7-16-9-17-13/h2-5,7,9,15H,6,8H2,1H3,(H,18,19). The summed E-state index contributed by atoms with van der Waals surface area (Å²) in [5.74, 6) is -0.235. The third kappa shape index (κ3) is 3.52. The van der Waals surface area contributed by atoms with Gasteiger partial charge < -0.3 is 15.2 Å². The highest BCUT2D eigenvalue weighted by Crippen LogP contribution is 2.12. The first kappa shape index (κ1) is 14.0. The van der Waals surface area contributed by atoms with E-state index in [-0.39, 0.29) is 5.56 Å². The Morgan fingerprint density at radius 1 is 1.40 bits per heavy atom. The van der Waals surface area contributed by atoms with Gasteiger partial charge in [0.05, 0.1) is 12.8 Å². The molecule has 6 nitrogen and oxygen atoms in total. The van der Waals surface area contributed by atoms with E-state index in [0.29, 0.717) is 18.8 Å². The lowest BCUT2D eigenvalue weighted by atomic mass is 10.2. The molecule has 0 saturated heterocycles. The van der Waals surface area contributed by atoms with Gasteiger partial charge in [-0.2, -0.15) is 0 Å². The molecule has 20 heavy (non-hydrogen) atoms. The number of benzene rings is 1. The molecule has 1 aromatic carbocycles. The predicted molar refractivity (Wildman–Crippen MR) is 72.5 cm³/mol. The highest BCUT2D eigenvalue weighted by molar-refractivity contribution is 5.88. The largest absolute Gasteiger partial charge is 0.497 e. The summed E-state index contributed by atoms with van der Waals surface area (Å²) in [5, 5.41) is 12.2. The summed E-state index contributed by atoms with van der Waals surface area (Å²) in [5.41, 5.74) is 1.64. The predicted octanol–water partition coefficient (Wildman–Crippen LogP) is 1.47. The van der Waals surface area contributed by atoms with E-state index >= 15 is 0 Å². The van der Waals surface area contributed by atoms with Gasteiger partial charge in [-0.3, -0.25) is 0 Å². The maximum absolute atomic E-state index is 11.0. The summed E-state index contributed by atoms with van der Waals surface area (Å²) in [7, 11) is 1.62. The second-order valence-electron chi connectivity index (χ2n) is 4.14. The fraction of sp³-hybridized carbons (Fsp3) is 0.214. The minimum atomic E-state index is -1.02. The van der Waals surface area contributed by atoms with Crippen LogP contribution in [0.2, 0.25) is 0 Å². The summed E-state index contributed by atoms with van der Waals surface area (Å²) >= 11 is 0. The smallest absolute Gasteiger partial charge is 0.339 e. The Morgan fingerprint density at radius 2 is 2.25 bits per heavy atom. The molecule has 0 aliphatic heterocycles. The van der Waals surface area contributed by atoms with Crippen LogP contribution in [0.15, 0.2) is 36.8 Å². The monoisotopic (exact) mass is 273 g/mol. The van der Waals surface area contributed by atoms with Crippen molar-refractivity contribution in [3.05, 3.63) is 53.6 Å². The number of aromatic nitrogens is 2. The van der Waals surface area contributed by atoms with Crippen molar-refractivity contribution in [2.24, 2.45) is 0 Å². The quantitative estimate of drug-likeness (QED) is 0.829. The van der Waals surface area contributed by atoms with Gasteiger partial charge in [-0.15, -0.1) is 0 Å². The molecule has 0 fully saturated rings. The molecule has 0 saturated carbocycles. The minimum absolute atomic E-state index is 0.116. The van der Waals surface area contributed by atoms with Gasteiger partial charge in [0.2, 0.25) is 0 Å². The zero-order chi connectivity index (χ0) is 14.4. The van der Waals surface area contributed by atoms with Gasteiger partial charge in [0.25, 0.3) is 0 Å². The molecule has 2 N–H and O–H groups in total. The molecule has 0 atom stereocenters. The number of nitrogens with zero attached hydrogens (tertiary/aromatic N) is 2. The third-order valence-electron chi connectivity index (χ3n) is 2.78. The number of rotatable bonds is 6. The molecule has 2 rings (SSSR count). The first-order valence-corrected chi connectivity index (χ1v) is 6.06. The third-order valence-corrected chi connectivity index (χ3v) is 2.78. The van der Waals surface area contributed by atoms with E-state index in [9.17, 15) is 4.79 Å². The van der Waals surface area contributed by atoms with Gasteiger partial charge in [0.15, 0.2) is 0 Å². The first-order chi connectivity index (χ1) is 9.70. The summed E-state index contributed by atoms with van der Waals surface area (Å²) < 4.78 is 5.14. The van der Waals surface area contributed by atoms with Crippen molar-refractivity contribution in [2.45, 2.75) is 13.1 Å². The van der Waals surface area contributed by atoms with Gasteiger partial charge in [0.1, 0.15) is 17.6 Å². The van der Waals surface area contributed by atoms with Crippen LogP contribution in [0.3, 0.4) is 0 Å². The van der Waals surface area contributed by atoms with Gasteiger partial charge in [-0.25, -0.2) is 14.8 Å². The topological polar surface area (TPSA) is 84.3 Å². The van der Waals surface area contributed by atoms with Crippen molar-refractivity contribution in [3.8, 4) is 5.75 Å². The lowest BCUT2D eigenvalue weighted by Gasteiger charge is -2.07. The molecule has 104 valence electrons. The van der Waals surface area contributed by atoms with Crippen LogP contribution >= 0.6 is 0 Å². The molecule has 0 aliphatic carbocycles. The molecular formula is C14H15N3O3. The van der Waals surface area contributed by atoms with E-state index in [1.807, 2.05) is 24.3 Å². The Bertz CT molecular complexity index is 602. The number of carbonyl (C=O) groups is 1. The molecular weight excluding hydrogens is 258 g/mol. The molecule has 2 aromatic rings. The van der Waals surface area contributed by atoms with Crippen LogP contribution in [-0.2, 0) is 13.1 Å². The van der Waals surface area contributed by atoms with E-state index in [4.69, 9.17) is 9.84 Å². The SMILES string of the molecule is COc1cccc(CNCc2ncncc2C(=O)O)c1. The van der Waals surface area contributed by atoms with Crippen molar-refractivity contribution in [1.29, 1.82) is 0 Å². The Labute approximate surface area is 116 Å². The summed E-state index contributed by atoms with van der Waals surface area (Å²) in [4.78, 5) is 18.7. The van der Waals surface area contributed by atoms with Crippen molar-refractivity contribution in [1.82, 2.24) is 15.3 Å². The van der Waals surface area contributed by atoms with Crippen LogP contribution < -0.4 is 10.1 Å². The fourth-order valence-corrected chi connectivity index (χ4v) is 1.78. The number of carboxylic acids is 1. The molecule has 0 bridgehead atoms. The number of hydrogen-bond acceptors (Lipinski definition) is 5. The Kier molecular flexibility index (Phi) is 4.62. The van der Waals surface area contributed by atoms with Crippen molar-refractivity contribution < 1.29 is 14.6 Å². The number of nitrogens with one attached hydrogen (secondary N) is 1. The van der Waals surface area contributed by atoms with E-state index in [1.54, 1.807) is 7.11 Å². The van der Waals surface area contributed by atoms with Crippen LogP contribution in [0, 0.1) is 0 Å². The zero-order valence-corrected chi connectivity index (χ0v) is 11.0. The molecule has 0 radical (unpaired) electrons. The highest BCUT2D eigenvalue weighted by atomic mass is 16.5. The van der Waals surface area contributed by atoms with Gasteiger partial charge in [-0.05, 0) is 17.7 Å². The number of carboxylic acid groups (broad SMARTS) is 1. The van der Waals surface area contributed by atoms with Crippen molar-refractivity contribution >= 4 is 5.97 Å². The van der Waals surface area contributed by atoms with Crippen LogP contribution in [0.1, 0.15) is 21.6 Å². The van der Waals surface area contributed by atoms with Crippen LogP contribution in [0.5, 0.6) is 5.75 Å². The Hall–Kier alpha value is -2.47. The average Bonchev–Trinajstić information content (AvgIpc) is 2.48. The maximum Gasteiger partial charge on any atom is 0.339 e. The van der Waals surface area contributed by atoms with Crippen LogP contribution in [0.25, 0.3) is 0 Å². The molecule has 0 spiro atoms. The average molecular weight is 273 g/mol. The summed E-state index contributed by atoms with van der Waals surface area (Å²) in [6, 6.07) is 7.67. The number of hydrogen-bond donors (Lipinski definition) is 2. The van der Waals surface area contributed by atoms with Gasteiger partial charge in [0, 0.05) is 19.3 Å². The molecule has 6 heteroatoms. The van der Waals surface area contributed by atoms with Crippen LogP contribution in [-0.4, -0.2) is 28.2 Å². The molecule has 1 aromatic heterocycles. The van der Waals surface area contributed by atoms with Crippen molar-refractivity contribution in [2.75, 3.05) is 7.11 Å². The van der Waals surface area contributed by atoms with Crippen molar-refractivity contribution in [3.63, 3.8) is 0 Å². The first-order valence-electron chi connectivity index (χ1n) is 6.06. The van der Waals surface area contributed by atoms with Crippen LogP contribution in [0.4, 0.5) is 0 Å². The fourth-order valence-electron chi connectivity index (χ4n) is 1.78. The number of methoxy groups -OCH3 is 1. The lowest BCUT2D eigenvalue weighted by molar-refractivity contribution is 0.0694. The van der Waals surface area contributed by atoms with Gasteiger partial charge >= 0.3 is 5.97 Å². The maximum atomic E-state index is 11.0. The zero-order valence-electron chi connectivity index (χ0n) is 11.0. The van der Waals surface area contributed by atoms with E-state index in [2.05, 4.69) is 15.3 Å². The molecule has 0 aliphatic rings. The van der Waals surface area contributed by atoms with Gasteiger partial charge in [-0.1, -0.05) is 12.1 Å². The summed E-state index contributed by atoms with van der Waals surface area (Å²) in [6.07, 6.45) is 2.65. The molecule has 1 heterocycles. The summed E-state index contributed by atoms with van der Waals surface area (Å²) in [6.45, 7) is 0.960. The number of aromatic carboxylic acids is 1. The molecule has 0 amide bonds. The Balaban J connectivity index is 1.97. The second-order valence-corrected chi connectivity index (χ2v) is 4.14. The Morgan fingerprint density at radius 3 is 3.00 bits per heavy atom. The van der Waals surface area contributed by atoms with E-state index in [0.717, 1.165) is 11.3 Å². The second kappa shape index (κ2) is 6.63. The normalized spacial score (nSPS) is 10.2.